The van der Waals surface area contributed by atoms with Gasteiger partial charge in [-0.1, -0.05) is 12.1 Å². The summed E-state index contributed by atoms with van der Waals surface area (Å²) in [4.78, 5) is 28.1. The first-order valence-corrected chi connectivity index (χ1v) is 7.73. The Bertz CT molecular complexity index is 568. The Morgan fingerprint density at radius 1 is 1.38 bits per heavy atom. The van der Waals surface area contributed by atoms with E-state index in [4.69, 9.17) is 0 Å². The van der Waals surface area contributed by atoms with Crippen molar-refractivity contribution in [2.45, 2.75) is 37.2 Å². The second-order valence-corrected chi connectivity index (χ2v) is 7.08. The standard InChI is InChI=1S/C15H20N2O3S/c1-15(2,3)17(14(19)20)11-9-21-12-8-6-5-7-10(12)16(4)13(11)18/h5-8,11H,9H2,1-4H3,(H,19,20). The lowest BCUT2D eigenvalue weighted by atomic mass is 10.0. The van der Waals surface area contributed by atoms with Gasteiger partial charge in [-0.25, -0.2) is 4.79 Å². The lowest BCUT2D eigenvalue weighted by Gasteiger charge is -2.39. The summed E-state index contributed by atoms with van der Waals surface area (Å²) in [6, 6.07) is 6.94. The number of amides is 2. The topological polar surface area (TPSA) is 60.9 Å². The zero-order valence-corrected chi connectivity index (χ0v) is 13.5. The maximum atomic E-state index is 12.7. The first-order chi connectivity index (χ1) is 9.73. The van der Waals surface area contributed by atoms with Gasteiger partial charge < -0.3 is 10.0 Å². The maximum Gasteiger partial charge on any atom is 0.408 e. The van der Waals surface area contributed by atoms with Crippen LogP contribution in [0.25, 0.3) is 0 Å². The summed E-state index contributed by atoms with van der Waals surface area (Å²) < 4.78 is 0. The van der Waals surface area contributed by atoms with Crippen LogP contribution in [0.5, 0.6) is 0 Å². The van der Waals surface area contributed by atoms with Crippen molar-refractivity contribution in [1.29, 1.82) is 0 Å². The molecule has 2 amide bonds. The smallest absolute Gasteiger partial charge is 0.408 e. The third kappa shape index (κ3) is 3.00. The Balaban J connectivity index is 2.41. The number of rotatable bonds is 1. The Morgan fingerprint density at radius 3 is 2.57 bits per heavy atom. The van der Waals surface area contributed by atoms with Gasteiger partial charge in [0.2, 0.25) is 0 Å². The van der Waals surface area contributed by atoms with Crippen LogP contribution in [0.15, 0.2) is 29.2 Å². The molecule has 1 unspecified atom stereocenters. The zero-order valence-electron chi connectivity index (χ0n) is 12.7. The molecule has 0 bridgehead atoms. The third-order valence-corrected chi connectivity index (χ3v) is 4.62. The minimum Gasteiger partial charge on any atom is -0.465 e. The van der Waals surface area contributed by atoms with Gasteiger partial charge in [0.05, 0.1) is 5.69 Å². The number of thioether (sulfide) groups is 1. The highest BCUT2D eigenvalue weighted by atomic mass is 32.2. The van der Waals surface area contributed by atoms with Crippen LogP contribution < -0.4 is 4.90 Å². The van der Waals surface area contributed by atoms with E-state index in [2.05, 4.69) is 0 Å². The quantitative estimate of drug-likeness (QED) is 0.866. The van der Waals surface area contributed by atoms with Crippen molar-refractivity contribution < 1.29 is 14.7 Å². The van der Waals surface area contributed by atoms with Crippen molar-refractivity contribution in [1.82, 2.24) is 4.90 Å². The molecule has 1 aliphatic rings. The van der Waals surface area contributed by atoms with Crippen LogP contribution in [0, 0.1) is 0 Å². The van der Waals surface area contributed by atoms with Crippen molar-refractivity contribution in [2.24, 2.45) is 0 Å². The molecule has 0 saturated heterocycles. The van der Waals surface area contributed by atoms with Gasteiger partial charge >= 0.3 is 6.09 Å². The molecule has 6 heteroatoms. The molecule has 0 aromatic heterocycles. The van der Waals surface area contributed by atoms with Crippen LogP contribution in [-0.2, 0) is 4.79 Å². The van der Waals surface area contributed by atoms with Crippen molar-refractivity contribution in [3.8, 4) is 0 Å². The number of carbonyl (C=O) groups excluding carboxylic acids is 1. The number of fused-ring (bicyclic) bond motifs is 1. The van der Waals surface area contributed by atoms with Crippen molar-refractivity contribution in [3.63, 3.8) is 0 Å². The number of likely N-dealkylation sites (N-methyl/N-ethyl adjacent to an activating group) is 1. The highest BCUT2D eigenvalue weighted by molar-refractivity contribution is 7.99. The van der Waals surface area contributed by atoms with E-state index in [1.54, 1.807) is 32.7 Å². The predicted molar refractivity (Wildman–Crippen MR) is 84.0 cm³/mol. The molecule has 1 N–H and O–H groups in total. The average Bonchev–Trinajstić information content (AvgIpc) is 2.50. The van der Waals surface area contributed by atoms with Crippen LogP contribution in [0.4, 0.5) is 10.5 Å². The number of para-hydroxylation sites is 1. The van der Waals surface area contributed by atoms with E-state index in [1.807, 2.05) is 24.3 Å². The fourth-order valence-corrected chi connectivity index (χ4v) is 3.67. The Morgan fingerprint density at radius 2 is 2.00 bits per heavy atom. The fourth-order valence-electron chi connectivity index (χ4n) is 2.51. The number of hydrogen-bond acceptors (Lipinski definition) is 3. The molecule has 114 valence electrons. The molecule has 2 rings (SSSR count). The van der Waals surface area contributed by atoms with Crippen molar-refractivity contribution in [3.05, 3.63) is 24.3 Å². The van der Waals surface area contributed by atoms with E-state index in [0.717, 1.165) is 10.6 Å². The Kier molecular flexibility index (Phi) is 4.18. The monoisotopic (exact) mass is 308 g/mol. The van der Waals surface area contributed by atoms with Crippen LogP contribution >= 0.6 is 11.8 Å². The highest BCUT2D eigenvalue weighted by Crippen LogP contribution is 2.35. The number of benzene rings is 1. The van der Waals surface area contributed by atoms with Crippen LogP contribution in [0.2, 0.25) is 0 Å². The van der Waals surface area contributed by atoms with E-state index in [1.165, 1.54) is 16.7 Å². The summed E-state index contributed by atoms with van der Waals surface area (Å²) in [5, 5.41) is 9.52. The molecular formula is C15H20N2O3S. The van der Waals surface area contributed by atoms with Crippen LogP contribution in [-0.4, -0.2) is 46.4 Å². The summed E-state index contributed by atoms with van der Waals surface area (Å²) in [7, 11) is 1.70. The van der Waals surface area contributed by atoms with E-state index >= 15 is 0 Å². The van der Waals surface area contributed by atoms with Crippen molar-refractivity contribution in [2.75, 3.05) is 17.7 Å². The number of hydrogen-bond donors (Lipinski definition) is 1. The minimum absolute atomic E-state index is 0.190. The van der Waals surface area contributed by atoms with Crippen LogP contribution in [0.1, 0.15) is 20.8 Å². The van der Waals surface area contributed by atoms with Crippen LogP contribution in [0.3, 0.4) is 0 Å². The summed E-state index contributed by atoms with van der Waals surface area (Å²) in [5.74, 6) is 0.230. The maximum absolute atomic E-state index is 12.7. The number of anilines is 1. The molecule has 1 aliphatic heterocycles. The lowest BCUT2D eigenvalue weighted by Crippen LogP contribution is -2.57. The SMILES string of the molecule is CN1C(=O)C(N(C(=O)O)C(C)(C)C)CSc2ccccc21. The second kappa shape index (κ2) is 5.60. The fraction of sp³-hybridized carbons (Fsp3) is 0.467. The molecule has 1 heterocycles. The van der Waals surface area contributed by atoms with Gasteiger partial charge in [0.1, 0.15) is 6.04 Å². The Labute approximate surface area is 128 Å². The predicted octanol–water partition coefficient (Wildman–Crippen LogP) is 2.90. The summed E-state index contributed by atoms with van der Waals surface area (Å²) in [5.41, 5.74) is 0.193. The summed E-state index contributed by atoms with van der Waals surface area (Å²) in [6.45, 7) is 5.41. The van der Waals surface area contributed by atoms with Crippen molar-refractivity contribution >= 4 is 29.4 Å². The summed E-state index contributed by atoms with van der Waals surface area (Å²) >= 11 is 1.52. The van der Waals surface area contributed by atoms with E-state index in [-0.39, 0.29) is 5.91 Å². The number of carbonyl (C=O) groups is 2. The Hall–Kier alpha value is -1.69. The lowest BCUT2D eigenvalue weighted by molar-refractivity contribution is -0.123. The van der Waals surface area contributed by atoms with Gasteiger partial charge in [0, 0.05) is 23.2 Å². The molecule has 0 saturated carbocycles. The molecule has 5 nitrogen and oxygen atoms in total. The molecule has 0 fully saturated rings. The first-order valence-electron chi connectivity index (χ1n) is 6.75. The molecule has 0 radical (unpaired) electrons. The number of nitrogens with zero attached hydrogens (tertiary/aromatic N) is 2. The van der Waals surface area contributed by atoms with E-state index in [0.29, 0.717) is 5.75 Å². The molecule has 0 aliphatic carbocycles. The highest BCUT2D eigenvalue weighted by Gasteiger charge is 2.40. The van der Waals surface area contributed by atoms with E-state index in [9.17, 15) is 14.7 Å². The number of carboxylic acid groups (broad SMARTS) is 1. The molecule has 0 spiro atoms. The zero-order chi connectivity index (χ0) is 15.8. The third-order valence-electron chi connectivity index (χ3n) is 3.48. The van der Waals surface area contributed by atoms with Gasteiger partial charge in [-0.05, 0) is 32.9 Å². The normalized spacial score (nSPS) is 19.0. The van der Waals surface area contributed by atoms with Gasteiger partial charge in [-0.15, -0.1) is 11.8 Å². The molecule has 1 aromatic rings. The molecule has 1 atom stereocenters. The average molecular weight is 308 g/mol. The largest absolute Gasteiger partial charge is 0.465 e. The van der Waals surface area contributed by atoms with E-state index < -0.39 is 17.7 Å². The second-order valence-electron chi connectivity index (χ2n) is 6.02. The van der Waals surface area contributed by atoms with Gasteiger partial charge in [0.15, 0.2) is 0 Å². The molecule has 21 heavy (non-hydrogen) atoms. The summed E-state index contributed by atoms with van der Waals surface area (Å²) in [6.07, 6.45) is -1.07. The van der Waals surface area contributed by atoms with Gasteiger partial charge in [0.25, 0.3) is 5.91 Å². The molecular weight excluding hydrogens is 288 g/mol. The molecule has 1 aromatic carbocycles. The minimum atomic E-state index is -1.07. The first kappa shape index (κ1) is 15.7. The van der Waals surface area contributed by atoms with Gasteiger partial charge in [-0.2, -0.15) is 0 Å². The van der Waals surface area contributed by atoms with Gasteiger partial charge in [-0.3, -0.25) is 9.69 Å².